The molecule has 2 rings (SSSR count). The summed E-state index contributed by atoms with van der Waals surface area (Å²) in [6.07, 6.45) is 0. The number of anilines is 2. The number of methoxy groups -OCH3 is 1. The molecule has 0 unspecified atom stereocenters. The zero-order valence-corrected chi connectivity index (χ0v) is 10.1. The van der Waals surface area contributed by atoms with E-state index in [1.165, 1.54) is 30.8 Å². The Morgan fingerprint density at radius 2 is 2.33 bits per heavy atom. The van der Waals surface area contributed by atoms with Crippen molar-refractivity contribution >= 4 is 28.0 Å². The van der Waals surface area contributed by atoms with Crippen molar-refractivity contribution in [3.05, 3.63) is 35.2 Å². The number of hydrogen-bond donors (Lipinski definition) is 2. The molecule has 0 bridgehead atoms. The molecule has 18 heavy (non-hydrogen) atoms. The minimum atomic E-state index is -1.16. The number of nitrogens with zero attached hydrogens (tertiary/aromatic N) is 1. The van der Waals surface area contributed by atoms with Gasteiger partial charge in [0.15, 0.2) is 5.69 Å². The molecule has 0 atom stereocenters. The highest BCUT2D eigenvalue weighted by atomic mass is 32.1. The predicted molar refractivity (Wildman–Crippen MR) is 65.3 cm³/mol. The highest BCUT2D eigenvalue weighted by Crippen LogP contribution is 2.28. The monoisotopic (exact) mass is 268 g/mol. The highest BCUT2D eigenvalue weighted by molar-refractivity contribution is 7.14. The molecule has 1 aromatic carbocycles. The van der Waals surface area contributed by atoms with E-state index < -0.39 is 11.8 Å². The summed E-state index contributed by atoms with van der Waals surface area (Å²) in [6.45, 7) is 0. The smallest absolute Gasteiger partial charge is 0.357 e. The van der Waals surface area contributed by atoms with Crippen LogP contribution in [0.3, 0.4) is 0 Å². The van der Waals surface area contributed by atoms with Gasteiger partial charge < -0.3 is 15.2 Å². The molecule has 1 aromatic heterocycles. The summed E-state index contributed by atoms with van der Waals surface area (Å²) in [5, 5.41) is 11.9. The molecule has 0 amide bonds. The van der Waals surface area contributed by atoms with Crippen molar-refractivity contribution in [3.63, 3.8) is 0 Å². The molecule has 0 saturated carbocycles. The Morgan fingerprint density at radius 1 is 1.56 bits per heavy atom. The lowest BCUT2D eigenvalue weighted by atomic mass is 10.3. The lowest BCUT2D eigenvalue weighted by molar-refractivity contribution is 0.0692. The summed E-state index contributed by atoms with van der Waals surface area (Å²) >= 11 is 1.08. The summed E-state index contributed by atoms with van der Waals surface area (Å²) < 4.78 is 18.5. The first-order valence-electron chi connectivity index (χ1n) is 4.89. The summed E-state index contributed by atoms with van der Waals surface area (Å²) in [5.41, 5.74) is 1.38. The number of carboxylic acids is 1. The van der Waals surface area contributed by atoms with Crippen LogP contribution in [-0.4, -0.2) is 23.2 Å². The quantitative estimate of drug-likeness (QED) is 0.892. The van der Waals surface area contributed by atoms with Gasteiger partial charge in [-0.15, -0.1) is 11.3 Å². The van der Waals surface area contributed by atoms with Gasteiger partial charge in [-0.3, -0.25) is 0 Å². The summed E-state index contributed by atoms with van der Waals surface area (Å²) in [5.74, 6) is -1.19. The topological polar surface area (TPSA) is 71.5 Å². The second-order valence-electron chi connectivity index (χ2n) is 3.31. The molecule has 0 aliphatic carbocycles. The number of benzene rings is 1. The Kier molecular flexibility index (Phi) is 3.42. The standard InChI is InChI=1S/C11H9FN2O3S/c1-17-6-2-3-7(12)8(4-6)14-10-9(11(15)16)13-5-18-10/h2-5,14H,1H3,(H,15,16). The summed E-state index contributed by atoms with van der Waals surface area (Å²) in [4.78, 5) is 14.6. The van der Waals surface area contributed by atoms with Crippen LogP contribution in [0.25, 0.3) is 0 Å². The van der Waals surface area contributed by atoms with E-state index in [4.69, 9.17) is 9.84 Å². The molecule has 0 aliphatic rings. The molecule has 0 fully saturated rings. The van der Waals surface area contributed by atoms with Crippen molar-refractivity contribution in [3.8, 4) is 5.75 Å². The van der Waals surface area contributed by atoms with Gasteiger partial charge in [-0.1, -0.05) is 0 Å². The third-order valence-electron chi connectivity index (χ3n) is 2.19. The molecule has 0 spiro atoms. The van der Waals surface area contributed by atoms with Crippen molar-refractivity contribution in [2.45, 2.75) is 0 Å². The third kappa shape index (κ3) is 2.40. The summed E-state index contributed by atoms with van der Waals surface area (Å²) in [7, 11) is 1.46. The largest absolute Gasteiger partial charge is 0.497 e. The first-order valence-corrected chi connectivity index (χ1v) is 5.77. The molecule has 7 heteroatoms. The lowest BCUT2D eigenvalue weighted by Gasteiger charge is -2.07. The number of thiazole rings is 1. The number of aromatic carboxylic acids is 1. The minimum absolute atomic E-state index is 0.137. The maximum atomic E-state index is 13.5. The zero-order valence-electron chi connectivity index (χ0n) is 9.31. The van der Waals surface area contributed by atoms with Gasteiger partial charge >= 0.3 is 5.97 Å². The van der Waals surface area contributed by atoms with Crippen LogP contribution in [-0.2, 0) is 0 Å². The first kappa shape index (κ1) is 12.3. The normalized spacial score (nSPS) is 10.1. The van der Waals surface area contributed by atoms with E-state index in [9.17, 15) is 9.18 Å². The number of nitrogens with one attached hydrogen (secondary N) is 1. The molecule has 2 N–H and O–H groups in total. The number of rotatable bonds is 4. The van der Waals surface area contributed by atoms with Gasteiger partial charge in [-0.05, 0) is 12.1 Å². The van der Waals surface area contributed by atoms with E-state index in [1.54, 1.807) is 0 Å². The van der Waals surface area contributed by atoms with Crippen LogP contribution in [0.5, 0.6) is 5.75 Å². The van der Waals surface area contributed by atoms with Crippen LogP contribution < -0.4 is 10.1 Å². The average Bonchev–Trinajstić information content (AvgIpc) is 2.80. The van der Waals surface area contributed by atoms with Crippen molar-refractivity contribution in [1.82, 2.24) is 4.98 Å². The fraction of sp³-hybridized carbons (Fsp3) is 0.0909. The third-order valence-corrected chi connectivity index (χ3v) is 2.93. The molecule has 2 aromatic rings. The Bertz CT molecular complexity index is 585. The fourth-order valence-corrected chi connectivity index (χ4v) is 2.02. The van der Waals surface area contributed by atoms with Gasteiger partial charge in [0.25, 0.3) is 0 Å². The van der Waals surface area contributed by atoms with Crippen molar-refractivity contribution in [2.75, 3.05) is 12.4 Å². The lowest BCUT2D eigenvalue weighted by Crippen LogP contribution is -2.02. The van der Waals surface area contributed by atoms with Crippen LogP contribution in [0.2, 0.25) is 0 Å². The van der Waals surface area contributed by atoms with Crippen LogP contribution in [0.15, 0.2) is 23.7 Å². The van der Waals surface area contributed by atoms with E-state index in [-0.39, 0.29) is 16.4 Å². The van der Waals surface area contributed by atoms with Crippen molar-refractivity contribution in [1.29, 1.82) is 0 Å². The van der Waals surface area contributed by atoms with E-state index in [0.717, 1.165) is 11.3 Å². The molecule has 0 aliphatic heterocycles. The highest BCUT2D eigenvalue weighted by Gasteiger charge is 2.15. The number of carbonyl (C=O) groups is 1. The van der Waals surface area contributed by atoms with Gasteiger partial charge in [-0.2, -0.15) is 0 Å². The first-order chi connectivity index (χ1) is 8.61. The van der Waals surface area contributed by atoms with Crippen LogP contribution in [0.4, 0.5) is 15.1 Å². The number of ether oxygens (including phenoxy) is 1. The number of aromatic nitrogens is 1. The SMILES string of the molecule is COc1ccc(F)c(Nc2scnc2C(=O)O)c1. The van der Waals surface area contributed by atoms with Gasteiger partial charge in [0, 0.05) is 6.07 Å². The molecular weight excluding hydrogens is 259 g/mol. The maximum Gasteiger partial charge on any atom is 0.357 e. The second kappa shape index (κ2) is 5.01. The van der Waals surface area contributed by atoms with Gasteiger partial charge in [0.05, 0.1) is 18.3 Å². The molecule has 1 heterocycles. The minimum Gasteiger partial charge on any atom is -0.497 e. The fourth-order valence-electron chi connectivity index (χ4n) is 1.34. The Morgan fingerprint density at radius 3 is 3.00 bits per heavy atom. The van der Waals surface area contributed by atoms with Crippen LogP contribution in [0.1, 0.15) is 10.5 Å². The van der Waals surface area contributed by atoms with Crippen LogP contribution >= 0.6 is 11.3 Å². The van der Waals surface area contributed by atoms with Gasteiger partial charge in [-0.25, -0.2) is 14.2 Å². The van der Waals surface area contributed by atoms with E-state index >= 15 is 0 Å². The van der Waals surface area contributed by atoms with Crippen molar-refractivity contribution < 1.29 is 19.0 Å². The Balaban J connectivity index is 2.33. The van der Waals surface area contributed by atoms with Gasteiger partial charge in [0.1, 0.15) is 16.6 Å². The number of carboxylic acid groups (broad SMARTS) is 1. The maximum absolute atomic E-state index is 13.5. The molecule has 5 nitrogen and oxygen atoms in total. The predicted octanol–water partition coefficient (Wildman–Crippen LogP) is 2.73. The number of halogens is 1. The molecule has 0 radical (unpaired) electrons. The van der Waals surface area contributed by atoms with Gasteiger partial charge in [0.2, 0.25) is 0 Å². The molecular formula is C11H9FN2O3S. The Labute approximate surface area is 106 Å². The number of hydrogen-bond acceptors (Lipinski definition) is 5. The van der Waals surface area contributed by atoms with Crippen LogP contribution in [0, 0.1) is 5.82 Å². The van der Waals surface area contributed by atoms with Crippen molar-refractivity contribution in [2.24, 2.45) is 0 Å². The van der Waals surface area contributed by atoms with E-state index in [1.807, 2.05) is 0 Å². The Hall–Kier alpha value is -2.15. The summed E-state index contributed by atoms with van der Waals surface area (Å²) in [6, 6.07) is 4.16. The molecule has 0 saturated heterocycles. The second-order valence-corrected chi connectivity index (χ2v) is 4.16. The van der Waals surface area contributed by atoms with E-state index in [2.05, 4.69) is 10.3 Å². The average molecular weight is 268 g/mol. The zero-order chi connectivity index (χ0) is 13.1. The van der Waals surface area contributed by atoms with E-state index in [0.29, 0.717) is 5.75 Å². The molecule has 94 valence electrons.